The molecule has 0 spiro atoms. The predicted molar refractivity (Wildman–Crippen MR) is 94.5 cm³/mol. The van der Waals surface area contributed by atoms with Crippen molar-refractivity contribution in [1.29, 1.82) is 0 Å². The molecular formula is C18H23FN6O. The highest BCUT2D eigenvalue weighted by molar-refractivity contribution is 5.94. The van der Waals surface area contributed by atoms with E-state index in [9.17, 15) is 9.18 Å². The molecule has 2 aliphatic rings. The standard InChI is InChI=1S/C18H23FN6O/c1-11-6-7-25(18-20-8-12(19)9-21-18)10-15(11)22-17(26)16-13-4-2-3-5-14(13)23-24-16/h8-9,11,15H,2-7,10H2,1H3,(H,22,26)(H,23,24). The highest BCUT2D eigenvalue weighted by atomic mass is 19.1. The summed E-state index contributed by atoms with van der Waals surface area (Å²) < 4.78 is 13.0. The third-order valence-electron chi connectivity index (χ3n) is 5.44. The van der Waals surface area contributed by atoms with Gasteiger partial charge >= 0.3 is 0 Å². The largest absolute Gasteiger partial charge is 0.346 e. The number of piperidine rings is 1. The molecule has 2 atom stereocenters. The zero-order chi connectivity index (χ0) is 18.1. The van der Waals surface area contributed by atoms with E-state index in [0.717, 1.165) is 49.9 Å². The maximum Gasteiger partial charge on any atom is 0.272 e. The van der Waals surface area contributed by atoms with E-state index < -0.39 is 5.82 Å². The minimum absolute atomic E-state index is 0.0270. The van der Waals surface area contributed by atoms with Crippen molar-refractivity contribution < 1.29 is 9.18 Å². The van der Waals surface area contributed by atoms with E-state index in [2.05, 4.69) is 32.4 Å². The molecule has 138 valence electrons. The van der Waals surface area contributed by atoms with Crippen LogP contribution in [0, 0.1) is 11.7 Å². The van der Waals surface area contributed by atoms with Gasteiger partial charge in [-0.1, -0.05) is 6.92 Å². The van der Waals surface area contributed by atoms with Gasteiger partial charge < -0.3 is 10.2 Å². The summed E-state index contributed by atoms with van der Waals surface area (Å²) in [6, 6.07) is -0.0270. The van der Waals surface area contributed by atoms with Crippen LogP contribution in [0.3, 0.4) is 0 Å². The summed E-state index contributed by atoms with van der Waals surface area (Å²) in [5.74, 6) is 0.260. The zero-order valence-electron chi connectivity index (χ0n) is 14.8. The Bertz CT molecular complexity index is 789. The van der Waals surface area contributed by atoms with Crippen LogP contribution in [-0.2, 0) is 12.8 Å². The molecule has 2 aromatic heterocycles. The number of fused-ring (bicyclic) bond motifs is 1. The molecule has 0 radical (unpaired) electrons. The van der Waals surface area contributed by atoms with Crippen LogP contribution in [0.4, 0.5) is 10.3 Å². The molecule has 0 bridgehead atoms. The number of amides is 1. The molecule has 1 aliphatic heterocycles. The van der Waals surface area contributed by atoms with E-state index in [0.29, 0.717) is 24.1 Å². The number of carbonyl (C=O) groups excluding carboxylic acids is 1. The number of hydrogen-bond acceptors (Lipinski definition) is 5. The van der Waals surface area contributed by atoms with E-state index in [1.54, 1.807) is 0 Å². The molecule has 1 fully saturated rings. The molecule has 1 amide bonds. The molecule has 7 nitrogen and oxygen atoms in total. The van der Waals surface area contributed by atoms with Crippen LogP contribution in [0.5, 0.6) is 0 Å². The van der Waals surface area contributed by atoms with Crippen LogP contribution in [0.15, 0.2) is 12.4 Å². The van der Waals surface area contributed by atoms with Crippen molar-refractivity contribution in [2.75, 3.05) is 18.0 Å². The third-order valence-corrected chi connectivity index (χ3v) is 5.44. The smallest absolute Gasteiger partial charge is 0.272 e. The molecule has 3 heterocycles. The van der Waals surface area contributed by atoms with E-state index in [1.165, 1.54) is 12.4 Å². The Morgan fingerprint density at radius 2 is 2.08 bits per heavy atom. The fraction of sp³-hybridized carbons (Fsp3) is 0.556. The van der Waals surface area contributed by atoms with Gasteiger partial charge in [-0.15, -0.1) is 0 Å². The van der Waals surface area contributed by atoms with Crippen LogP contribution in [-0.4, -0.2) is 45.2 Å². The second kappa shape index (κ2) is 7.01. The lowest BCUT2D eigenvalue weighted by molar-refractivity contribution is 0.0913. The van der Waals surface area contributed by atoms with Crippen LogP contribution >= 0.6 is 0 Å². The lowest BCUT2D eigenvalue weighted by Crippen LogP contribution is -2.52. The van der Waals surface area contributed by atoms with Gasteiger partial charge in [0.25, 0.3) is 5.91 Å². The number of H-pyrrole nitrogens is 1. The summed E-state index contributed by atoms with van der Waals surface area (Å²) in [6.45, 7) is 3.52. The highest BCUT2D eigenvalue weighted by Gasteiger charge is 2.30. The summed E-state index contributed by atoms with van der Waals surface area (Å²) in [7, 11) is 0. The van der Waals surface area contributed by atoms with Crippen molar-refractivity contribution in [3.8, 4) is 0 Å². The normalized spacial score (nSPS) is 22.8. The Labute approximate surface area is 151 Å². The van der Waals surface area contributed by atoms with Gasteiger partial charge in [0.2, 0.25) is 5.95 Å². The molecule has 0 saturated carbocycles. The molecule has 2 aromatic rings. The molecule has 26 heavy (non-hydrogen) atoms. The van der Waals surface area contributed by atoms with Gasteiger partial charge in [-0.05, 0) is 38.0 Å². The number of carbonyl (C=O) groups is 1. The number of aromatic amines is 1. The van der Waals surface area contributed by atoms with Crippen LogP contribution in [0.25, 0.3) is 0 Å². The van der Waals surface area contributed by atoms with Crippen molar-refractivity contribution in [3.63, 3.8) is 0 Å². The van der Waals surface area contributed by atoms with Gasteiger partial charge in [0.15, 0.2) is 11.5 Å². The highest BCUT2D eigenvalue weighted by Crippen LogP contribution is 2.24. The van der Waals surface area contributed by atoms with Crippen molar-refractivity contribution in [2.24, 2.45) is 5.92 Å². The number of halogens is 1. The summed E-state index contributed by atoms with van der Waals surface area (Å²) in [4.78, 5) is 22.9. The summed E-state index contributed by atoms with van der Waals surface area (Å²) in [5.41, 5.74) is 2.69. The van der Waals surface area contributed by atoms with Crippen molar-refractivity contribution in [2.45, 2.75) is 45.1 Å². The topological polar surface area (TPSA) is 86.8 Å². The Kier molecular flexibility index (Phi) is 4.57. The summed E-state index contributed by atoms with van der Waals surface area (Å²) in [5, 5.41) is 10.4. The number of aryl methyl sites for hydroxylation is 1. The number of nitrogens with one attached hydrogen (secondary N) is 2. The van der Waals surface area contributed by atoms with Crippen LogP contribution in [0.1, 0.15) is 47.9 Å². The first kappa shape index (κ1) is 16.9. The van der Waals surface area contributed by atoms with E-state index >= 15 is 0 Å². The molecule has 1 saturated heterocycles. The number of rotatable bonds is 3. The Morgan fingerprint density at radius 1 is 1.31 bits per heavy atom. The minimum Gasteiger partial charge on any atom is -0.346 e. The average molecular weight is 358 g/mol. The molecule has 4 rings (SSSR count). The van der Waals surface area contributed by atoms with E-state index in [4.69, 9.17) is 0 Å². The van der Waals surface area contributed by atoms with Gasteiger partial charge in [-0.25, -0.2) is 14.4 Å². The van der Waals surface area contributed by atoms with Gasteiger partial charge in [0.05, 0.1) is 12.4 Å². The van der Waals surface area contributed by atoms with Crippen molar-refractivity contribution in [1.82, 2.24) is 25.5 Å². The van der Waals surface area contributed by atoms with Gasteiger partial charge in [0, 0.05) is 30.4 Å². The zero-order valence-corrected chi connectivity index (χ0v) is 14.8. The molecule has 2 unspecified atom stereocenters. The van der Waals surface area contributed by atoms with Gasteiger partial charge in [-0.3, -0.25) is 9.89 Å². The fourth-order valence-corrected chi connectivity index (χ4v) is 3.81. The van der Waals surface area contributed by atoms with Crippen molar-refractivity contribution >= 4 is 11.9 Å². The Hall–Kier alpha value is -2.51. The number of nitrogens with zero attached hydrogens (tertiary/aromatic N) is 4. The fourth-order valence-electron chi connectivity index (χ4n) is 3.81. The van der Waals surface area contributed by atoms with Crippen LogP contribution < -0.4 is 10.2 Å². The SMILES string of the molecule is CC1CCN(c2ncc(F)cn2)CC1NC(=O)c1n[nH]c2c1CCCC2. The van der Waals surface area contributed by atoms with Gasteiger partial charge in [0.1, 0.15) is 0 Å². The minimum atomic E-state index is -0.452. The monoisotopic (exact) mass is 358 g/mol. The van der Waals surface area contributed by atoms with Crippen molar-refractivity contribution in [3.05, 3.63) is 35.2 Å². The van der Waals surface area contributed by atoms with Gasteiger partial charge in [-0.2, -0.15) is 5.10 Å². The first-order chi connectivity index (χ1) is 12.6. The van der Waals surface area contributed by atoms with E-state index in [-0.39, 0.29) is 11.9 Å². The first-order valence-electron chi connectivity index (χ1n) is 9.21. The maximum atomic E-state index is 13.0. The second-order valence-corrected chi connectivity index (χ2v) is 7.23. The third kappa shape index (κ3) is 3.27. The molecule has 2 N–H and O–H groups in total. The average Bonchev–Trinajstić information content (AvgIpc) is 3.08. The Balaban J connectivity index is 1.47. The number of aromatic nitrogens is 4. The second-order valence-electron chi connectivity index (χ2n) is 7.23. The number of anilines is 1. The molecule has 8 heteroatoms. The lowest BCUT2D eigenvalue weighted by atomic mass is 9.92. The number of hydrogen-bond donors (Lipinski definition) is 2. The predicted octanol–water partition coefficient (Wildman–Crippen LogP) is 1.86. The van der Waals surface area contributed by atoms with E-state index in [1.807, 2.05) is 4.90 Å². The summed E-state index contributed by atoms with van der Waals surface area (Å²) >= 11 is 0. The maximum absolute atomic E-state index is 13.0. The van der Waals surface area contributed by atoms with Crippen LogP contribution in [0.2, 0.25) is 0 Å². The molecule has 1 aliphatic carbocycles. The summed E-state index contributed by atoms with van der Waals surface area (Å²) in [6.07, 6.45) is 7.36. The molecular weight excluding hydrogens is 335 g/mol. The Morgan fingerprint density at radius 3 is 2.88 bits per heavy atom. The molecule has 0 aromatic carbocycles. The first-order valence-corrected chi connectivity index (χ1v) is 9.21. The lowest BCUT2D eigenvalue weighted by Gasteiger charge is -2.37. The quantitative estimate of drug-likeness (QED) is 0.875.